The third-order valence-corrected chi connectivity index (χ3v) is 3.23. The summed E-state index contributed by atoms with van der Waals surface area (Å²) in [6.45, 7) is 1.41. The number of nitrogens with zero attached hydrogens (tertiary/aromatic N) is 1. The molecule has 0 atom stereocenters. The highest BCUT2D eigenvalue weighted by Gasteiger charge is 2.29. The fourth-order valence-corrected chi connectivity index (χ4v) is 2.01. The van der Waals surface area contributed by atoms with Gasteiger partial charge in [-0.25, -0.2) is 0 Å². The Balaban J connectivity index is 2.33. The molecule has 8 heteroatoms. The molecular weight excluding hydrogens is 293 g/mol. The number of aromatic nitrogens is 2. The molecule has 2 aromatic rings. The van der Waals surface area contributed by atoms with E-state index in [2.05, 4.69) is 9.97 Å². The maximum atomic E-state index is 12.2. The zero-order valence-corrected chi connectivity index (χ0v) is 11.0. The fraction of sp³-hybridized carbons (Fsp3) is 0.167. The predicted octanol–water partition coefficient (Wildman–Crippen LogP) is 3.06. The van der Waals surface area contributed by atoms with Crippen molar-refractivity contribution >= 4 is 11.8 Å². The molecule has 4 nitrogen and oxygen atoms in total. The third-order valence-electron chi connectivity index (χ3n) is 2.49. The van der Waals surface area contributed by atoms with Crippen LogP contribution in [-0.2, 0) is 0 Å². The Kier molecular flexibility index (Phi) is 3.76. The lowest BCUT2D eigenvalue weighted by atomic mass is 10.2. The number of thioether (sulfide) groups is 1. The number of hydrogen-bond donors (Lipinski definition) is 2. The molecule has 0 spiro atoms. The first kappa shape index (κ1) is 14.4. The van der Waals surface area contributed by atoms with Crippen LogP contribution in [0.2, 0.25) is 0 Å². The summed E-state index contributed by atoms with van der Waals surface area (Å²) in [5, 5.41) is 9.47. The number of rotatable bonds is 2. The lowest BCUT2D eigenvalue weighted by Crippen LogP contribution is -2.12. The molecule has 2 rings (SSSR count). The minimum Gasteiger partial charge on any atom is -0.493 e. The van der Waals surface area contributed by atoms with Crippen LogP contribution in [0.5, 0.6) is 5.88 Å². The van der Waals surface area contributed by atoms with Crippen LogP contribution in [0.3, 0.4) is 0 Å². The first-order chi connectivity index (χ1) is 9.26. The highest BCUT2D eigenvalue weighted by atomic mass is 32.2. The van der Waals surface area contributed by atoms with Crippen LogP contribution in [0.25, 0.3) is 11.4 Å². The average molecular weight is 302 g/mol. The van der Waals surface area contributed by atoms with Crippen molar-refractivity contribution in [1.29, 1.82) is 0 Å². The van der Waals surface area contributed by atoms with E-state index in [1.807, 2.05) is 0 Å². The van der Waals surface area contributed by atoms with Crippen molar-refractivity contribution in [2.45, 2.75) is 17.3 Å². The van der Waals surface area contributed by atoms with Gasteiger partial charge in [0.05, 0.1) is 5.56 Å². The molecule has 0 radical (unpaired) electrons. The maximum absolute atomic E-state index is 12.2. The second-order valence-electron chi connectivity index (χ2n) is 3.94. The van der Waals surface area contributed by atoms with Gasteiger partial charge in [-0.3, -0.25) is 4.79 Å². The molecule has 1 aromatic heterocycles. The molecule has 0 unspecified atom stereocenters. The quantitative estimate of drug-likeness (QED) is 0.837. The van der Waals surface area contributed by atoms with Crippen molar-refractivity contribution in [3.8, 4) is 17.3 Å². The molecule has 0 fully saturated rings. The number of hydrogen-bond acceptors (Lipinski definition) is 4. The van der Waals surface area contributed by atoms with Crippen molar-refractivity contribution in [3.63, 3.8) is 0 Å². The van der Waals surface area contributed by atoms with Crippen LogP contribution in [-0.4, -0.2) is 20.6 Å². The number of aromatic amines is 1. The number of H-pyrrole nitrogens is 1. The minimum absolute atomic E-state index is 0.0277. The van der Waals surface area contributed by atoms with Gasteiger partial charge >= 0.3 is 5.51 Å². The first-order valence-electron chi connectivity index (χ1n) is 5.42. The summed E-state index contributed by atoms with van der Waals surface area (Å²) in [6.07, 6.45) is 0. The first-order valence-corrected chi connectivity index (χ1v) is 6.24. The van der Waals surface area contributed by atoms with Gasteiger partial charge in [0.2, 0.25) is 5.88 Å². The molecule has 106 valence electrons. The lowest BCUT2D eigenvalue weighted by molar-refractivity contribution is -0.0328. The molecule has 0 aliphatic rings. The van der Waals surface area contributed by atoms with Gasteiger partial charge in [0.1, 0.15) is 5.82 Å². The molecule has 2 N–H and O–H groups in total. The van der Waals surface area contributed by atoms with Crippen LogP contribution in [0, 0.1) is 6.92 Å². The van der Waals surface area contributed by atoms with Crippen LogP contribution >= 0.6 is 11.8 Å². The topological polar surface area (TPSA) is 66.0 Å². The lowest BCUT2D eigenvalue weighted by Gasteiger charge is -2.07. The van der Waals surface area contributed by atoms with E-state index in [-0.39, 0.29) is 28.0 Å². The van der Waals surface area contributed by atoms with E-state index in [4.69, 9.17) is 0 Å². The summed E-state index contributed by atoms with van der Waals surface area (Å²) in [5.41, 5.74) is -4.36. The molecule has 0 aliphatic carbocycles. The molecule has 0 saturated heterocycles. The van der Waals surface area contributed by atoms with Crippen LogP contribution in [0.4, 0.5) is 13.2 Å². The van der Waals surface area contributed by atoms with Crippen LogP contribution < -0.4 is 5.56 Å². The van der Waals surface area contributed by atoms with E-state index in [1.165, 1.54) is 31.2 Å². The summed E-state index contributed by atoms with van der Waals surface area (Å²) in [6, 6.07) is 5.32. The van der Waals surface area contributed by atoms with E-state index < -0.39 is 16.9 Å². The van der Waals surface area contributed by atoms with Crippen molar-refractivity contribution in [1.82, 2.24) is 9.97 Å². The van der Waals surface area contributed by atoms with Crippen molar-refractivity contribution in [3.05, 3.63) is 40.2 Å². The Labute approximate surface area is 115 Å². The zero-order valence-electron chi connectivity index (χ0n) is 10.2. The van der Waals surface area contributed by atoms with Gasteiger partial charge in [0, 0.05) is 10.5 Å². The summed E-state index contributed by atoms with van der Waals surface area (Å²) in [4.78, 5) is 17.7. The van der Waals surface area contributed by atoms with Crippen molar-refractivity contribution in [2.75, 3.05) is 0 Å². The van der Waals surface area contributed by atoms with E-state index in [9.17, 15) is 23.1 Å². The second kappa shape index (κ2) is 5.20. The molecule has 1 heterocycles. The van der Waals surface area contributed by atoms with E-state index in [1.54, 1.807) is 0 Å². The summed E-state index contributed by atoms with van der Waals surface area (Å²) < 4.78 is 36.6. The normalized spacial score (nSPS) is 11.6. The zero-order chi connectivity index (χ0) is 14.9. The van der Waals surface area contributed by atoms with E-state index >= 15 is 0 Å². The molecule has 0 bridgehead atoms. The number of aromatic hydroxyl groups is 1. The number of nitrogens with one attached hydrogen (secondary N) is 1. The highest BCUT2D eigenvalue weighted by molar-refractivity contribution is 8.00. The van der Waals surface area contributed by atoms with Gasteiger partial charge in [-0.1, -0.05) is 12.1 Å². The average Bonchev–Trinajstić information content (AvgIpc) is 2.34. The number of benzene rings is 1. The molecule has 1 aromatic carbocycles. The Bertz CT molecular complexity index is 681. The molecular formula is C12H9F3N2O2S. The SMILES string of the molecule is Cc1c(O)nc(-c2ccc(SC(F)(F)F)cc2)[nH]c1=O. The largest absolute Gasteiger partial charge is 0.493 e. The smallest absolute Gasteiger partial charge is 0.446 e. The van der Waals surface area contributed by atoms with Crippen molar-refractivity contribution < 1.29 is 18.3 Å². The van der Waals surface area contributed by atoms with Crippen LogP contribution in [0.15, 0.2) is 34.0 Å². The second-order valence-corrected chi connectivity index (χ2v) is 5.07. The van der Waals surface area contributed by atoms with Crippen LogP contribution in [0.1, 0.15) is 5.56 Å². The highest BCUT2D eigenvalue weighted by Crippen LogP contribution is 2.37. The Morgan fingerprint density at radius 2 is 1.85 bits per heavy atom. The standard InChI is InChI=1S/C12H9F3N2O2S/c1-6-10(18)16-9(17-11(6)19)7-2-4-8(5-3-7)20-12(13,14)15/h2-5H,1H3,(H2,16,17,18,19). The van der Waals surface area contributed by atoms with Gasteiger partial charge < -0.3 is 10.1 Å². The van der Waals surface area contributed by atoms with Gasteiger partial charge in [-0.15, -0.1) is 0 Å². The Morgan fingerprint density at radius 3 is 2.35 bits per heavy atom. The van der Waals surface area contributed by atoms with Gasteiger partial charge in [0.25, 0.3) is 5.56 Å². The predicted molar refractivity (Wildman–Crippen MR) is 68.6 cm³/mol. The number of halogens is 3. The summed E-state index contributed by atoms with van der Waals surface area (Å²) >= 11 is -0.228. The molecule has 20 heavy (non-hydrogen) atoms. The van der Waals surface area contributed by atoms with Gasteiger partial charge in [0.15, 0.2) is 0 Å². The molecule has 0 saturated carbocycles. The Hall–Kier alpha value is -1.96. The number of alkyl halides is 3. The maximum Gasteiger partial charge on any atom is 0.446 e. The molecule has 0 aliphatic heterocycles. The van der Waals surface area contributed by atoms with E-state index in [0.717, 1.165) is 0 Å². The van der Waals surface area contributed by atoms with Gasteiger partial charge in [-0.05, 0) is 30.8 Å². The minimum atomic E-state index is -4.35. The summed E-state index contributed by atoms with van der Waals surface area (Å²) in [5.74, 6) is -0.306. The third kappa shape index (κ3) is 3.32. The van der Waals surface area contributed by atoms with Gasteiger partial charge in [-0.2, -0.15) is 18.2 Å². The van der Waals surface area contributed by atoms with Crippen molar-refractivity contribution in [2.24, 2.45) is 0 Å². The molecule has 0 amide bonds. The fourth-order valence-electron chi connectivity index (χ4n) is 1.47. The Morgan fingerprint density at radius 1 is 1.25 bits per heavy atom. The van der Waals surface area contributed by atoms with E-state index in [0.29, 0.717) is 5.56 Å². The summed E-state index contributed by atoms with van der Waals surface area (Å²) in [7, 11) is 0. The monoisotopic (exact) mass is 302 g/mol.